The van der Waals surface area contributed by atoms with Crippen LogP contribution in [0.5, 0.6) is 0 Å². The van der Waals surface area contributed by atoms with E-state index >= 15 is 0 Å². The van der Waals surface area contributed by atoms with Gasteiger partial charge in [-0.3, -0.25) is 5.43 Å². The van der Waals surface area contributed by atoms with E-state index in [4.69, 9.17) is 5.10 Å². The van der Waals surface area contributed by atoms with Gasteiger partial charge in [0.1, 0.15) is 0 Å². The smallest absolute Gasteiger partial charge is 0.0977 e. The first-order chi connectivity index (χ1) is 16.4. The number of anilines is 1. The van der Waals surface area contributed by atoms with E-state index < -0.39 is 0 Å². The van der Waals surface area contributed by atoms with Crippen LogP contribution in [0.15, 0.2) is 132 Å². The summed E-state index contributed by atoms with van der Waals surface area (Å²) in [5.41, 5.74) is 7.49. The van der Waals surface area contributed by atoms with Crippen LogP contribution in [-0.4, -0.2) is 5.71 Å². The van der Waals surface area contributed by atoms with Gasteiger partial charge in [0.2, 0.25) is 0 Å². The first-order valence-electron chi connectivity index (χ1n) is 11.2. The highest BCUT2D eigenvalue weighted by Crippen LogP contribution is 2.36. The highest BCUT2D eigenvalue weighted by Gasteiger charge is 2.11. The lowest BCUT2D eigenvalue weighted by molar-refractivity contribution is 1.34. The van der Waals surface area contributed by atoms with Gasteiger partial charge in [-0.05, 0) is 33.0 Å². The molecule has 0 atom stereocenters. The molecule has 0 unspecified atom stereocenters. The summed E-state index contributed by atoms with van der Waals surface area (Å²) in [5.74, 6) is 0. The molecule has 1 N–H and O–H groups in total. The Morgan fingerprint density at radius 3 is 1.70 bits per heavy atom. The van der Waals surface area contributed by atoms with Crippen LogP contribution in [0.1, 0.15) is 11.1 Å². The third-order valence-electron chi connectivity index (χ3n) is 6.15. The highest BCUT2D eigenvalue weighted by molar-refractivity contribution is 6.20. The van der Waals surface area contributed by atoms with E-state index in [0.29, 0.717) is 0 Å². The fourth-order valence-corrected chi connectivity index (χ4v) is 4.56. The van der Waals surface area contributed by atoms with Gasteiger partial charge in [-0.25, -0.2) is 0 Å². The van der Waals surface area contributed by atoms with Gasteiger partial charge in [-0.1, -0.05) is 121 Å². The highest BCUT2D eigenvalue weighted by atomic mass is 15.3. The average Bonchev–Trinajstić information content (AvgIpc) is 2.90. The van der Waals surface area contributed by atoms with Gasteiger partial charge in [0.05, 0.1) is 11.4 Å². The quantitative estimate of drug-likeness (QED) is 0.174. The molecular weight excluding hydrogens is 400 g/mol. The Morgan fingerprint density at radius 1 is 0.455 bits per heavy atom. The van der Waals surface area contributed by atoms with E-state index in [1.165, 1.54) is 26.9 Å². The van der Waals surface area contributed by atoms with Gasteiger partial charge in [-0.15, -0.1) is 0 Å². The number of hydrogen-bond acceptors (Lipinski definition) is 2. The zero-order valence-corrected chi connectivity index (χ0v) is 18.1. The minimum atomic E-state index is 0.915. The van der Waals surface area contributed by atoms with Crippen molar-refractivity contribution in [1.29, 1.82) is 0 Å². The average molecular weight is 423 g/mol. The predicted octanol–water partition coefficient (Wildman–Crippen LogP) is 8.01. The predicted molar refractivity (Wildman–Crippen MR) is 141 cm³/mol. The van der Waals surface area contributed by atoms with Crippen LogP contribution < -0.4 is 5.43 Å². The first kappa shape index (κ1) is 19.3. The minimum Gasteiger partial charge on any atom is -0.277 e. The van der Waals surface area contributed by atoms with Crippen molar-refractivity contribution in [3.8, 4) is 0 Å². The maximum absolute atomic E-state index is 4.94. The summed E-state index contributed by atoms with van der Waals surface area (Å²) in [6.07, 6.45) is 0. The number of nitrogens with zero attached hydrogens (tertiary/aromatic N) is 1. The number of fused-ring (bicyclic) bond motifs is 5. The maximum Gasteiger partial charge on any atom is 0.0977 e. The Balaban J connectivity index is 1.57. The van der Waals surface area contributed by atoms with Crippen molar-refractivity contribution >= 4 is 43.7 Å². The Bertz CT molecular complexity index is 1580. The monoisotopic (exact) mass is 422 g/mol. The van der Waals surface area contributed by atoms with Crippen LogP contribution in [-0.2, 0) is 0 Å². The number of hydrogen-bond donors (Lipinski definition) is 1. The Morgan fingerprint density at radius 2 is 1.00 bits per heavy atom. The van der Waals surface area contributed by atoms with Gasteiger partial charge in [0.15, 0.2) is 0 Å². The molecule has 0 aromatic heterocycles. The molecule has 0 fully saturated rings. The summed E-state index contributed by atoms with van der Waals surface area (Å²) < 4.78 is 0. The summed E-state index contributed by atoms with van der Waals surface area (Å²) >= 11 is 0. The summed E-state index contributed by atoms with van der Waals surface area (Å²) in [7, 11) is 0. The van der Waals surface area contributed by atoms with Crippen molar-refractivity contribution in [2.24, 2.45) is 5.10 Å². The molecule has 0 amide bonds. The Labute approximate surface area is 192 Å². The Kier molecular flexibility index (Phi) is 4.82. The van der Waals surface area contributed by atoms with Crippen molar-refractivity contribution < 1.29 is 0 Å². The zero-order valence-electron chi connectivity index (χ0n) is 18.1. The molecule has 2 heteroatoms. The van der Waals surface area contributed by atoms with Crippen molar-refractivity contribution in [3.63, 3.8) is 0 Å². The van der Waals surface area contributed by atoms with Gasteiger partial charge in [0.25, 0.3) is 0 Å². The molecule has 6 aromatic carbocycles. The van der Waals surface area contributed by atoms with Crippen LogP contribution in [0.25, 0.3) is 32.3 Å². The van der Waals surface area contributed by atoms with Crippen LogP contribution in [0.4, 0.5) is 5.69 Å². The fraction of sp³-hybridized carbons (Fsp3) is 0. The van der Waals surface area contributed by atoms with Crippen molar-refractivity contribution in [2.45, 2.75) is 0 Å². The lowest BCUT2D eigenvalue weighted by Gasteiger charge is -2.13. The molecule has 6 aromatic rings. The van der Waals surface area contributed by atoms with E-state index in [9.17, 15) is 0 Å². The SMILES string of the molecule is c1ccc(C(=NNc2cc3c4ccccc4ccc3c3ccccc23)c2ccccc2)cc1. The van der Waals surface area contributed by atoms with Gasteiger partial charge in [0, 0.05) is 16.5 Å². The van der Waals surface area contributed by atoms with E-state index in [1.807, 2.05) is 36.4 Å². The number of hydrazone groups is 1. The normalized spacial score (nSPS) is 11.0. The van der Waals surface area contributed by atoms with Crippen LogP contribution in [0.3, 0.4) is 0 Å². The summed E-state index contributed by atoms with van der Waals surface area (Å²) in [4.78, 5) is 0. The molecule has 0 aliphatic carbocycles. The van der Waals surface area contributed by atoms with Crippen molar-refractivity contribution in [1.82, 2.24) is 0 Å². The molecule has 33 heavy (non-hydrogen) atoms. The van der Waals surface area contributed by atoms with E-state index in [2.05, 4.69) is 96.4 Å². The molecule has 0 aliphatic rings. The number of nitrogens with one attached hydrogen (secondary N) is 1. The van der Waals surface area contributed by atoms with Gasteiger partial charge >= 0.3 is 0 Å². The second-order valence-corrected chi connectivity index (χ2v) is 8.16. The lowest BCUT2D eigenvalue weighted by atomic mass is 9.96. The lowest BCUT2D eigenvalue weighted by Crippen LogP contribution is -2.06. The molecule has 2 nitrogen and oxygen atoms in total. The van der Waals surface area contributed by atoms with Crippen LogP contribution >= 0.6 is 0 Å². The van der Waals surface area contributed by atoms with Crippen LogP contribution in [0.2, 0.25) is 0 Å². The number of rotatable bonds is 4. The number of benzene rings is 6. The second kappa shape index (κ2) is 8.25. The zero-order chi connectivity index (χ0) is 22.0. The van der Waals surface area contributed by atoms with E-state index in [1.54, 1.807) is 0 Å². The molecule has 0 saturated carbocycles. The molecule has 156 valence electrons. The molecular formula is C31H22N2. The first-order valence-corrected chi connectivity index (χ1v) is 11.2. The third kappa shape index (κ3) is 3.52. The molecule has 0 radical (unpaired) electrons. The largest absolute Gasteiger partial charge is 0.277 e. The molecule has 0 spiro atoms. The topological polar surface area (TPSA) is 24.4 Å². The fourth-order valence-electron chi connectivity index (χ4n) is 4.56. The van der Waals surface area contributed by atoms with Gasteiger partial charge < -0.3 is 0 Å². The maximum atomic E-state index is 4.94. The molecule has 0 aliphatic heterocycles. The summed E-state index contributed by atoms with van der Waals surface area (Å²) in [6, 6.07) is 44.4. The molecule has 0 saturated heterocycles. The van der Waals surface area contributed by atoms with Crippen molar-refractivity contribution in [3.05, 3.63) is 139 Å². The molecule has 6 rings (SSSR count). The van der Waals surface area contributed by atoms with Crippen molar-refractivity contribution in [2.75, 3.05) is 5.43 Å². The van der Waals surface area contributed by atoms with E-state index in [0.717, 1.165) is 27.9 Å². The standard InChI is InChI=1S/C31H22N2/c1-3-12-23(13-4-1)31(24-14-5-2-6-15-24)33-32-30-21-29-25-16-8-7-11-22(25)19-20-27(29)26-17-9-10-18-28(26)30/h1-21,32H. The summed E-state index contributed by atoms with van der Waals surface area (Å²) in [6.45, 7) is 0. The van der Waals surface area contributed by atoms with Crippen LogP contribution in [0, 0.1) is 0 Å². The Hall–Kier alpha value is -4.43. The van der Waals surface area contributed by atoms with Gasteiger partial charge in [-0.2, -0.15) is 5.10 Å². The van der Waals surface area contributed by atoms with E-state index in [-0.39, 0.29) is 0 Å². The summed E-state index contributed by atoms with van der Waals surface area (Å²) in [5, 5.41) is 12.3. The second-order valence-electron chi connectivity index (χ2n) is 8.16. The molecule has 0 bridgehead atoms. The third-order valence-corrected chi connectivity index (χ3v) is 6.15. The minimum absolute atomic E-state index is 0.915. The molecule has 0 heterocycles.